The maximum atomic E-state index is 10.3. The first-order valence-electron chi connectivity index (χ1n) is 6.69. The number of aliphatic hydroxyl groups excluding tert-OH is 3. The van der Waals surface area contributed by atoms with Gasteiger partial charge in [-0.15, -0.1) is 0 Å². The summed E-state index contributed by atoms with van der Waals surface area (Å²) in [6.07, 6.45) is 1.07. The van der Waals surface area contributed by atoms with Crippen LogP contribution in [0.15, 0.2) is 24.5 Å². The van der Waals surface area contributed by atoms with Crippen molar-refractivity contribution in [2.75, 3.05) is 32.8 Å². The number of nitrogens with zero attached hydrogens (tertiary/aromatic N) is 3. The van der Waals surface area contributed by atoms with Crippen molar-refractivity contribution in [3.8, 4) is 0 Å². The Kier molecular flexibility index (Phi) is 5.08. The zero-order chi connectivity index (χ0) is 14.5. The molecule has 0 aliphatic heterocycles. The van der Waals surface area contributed by atoms with E-state index < -0.39 is 6.10 Å². The van der Waals surface area contributed by atoms with Gasteiger partial charge in [0, 0.05) is 26.7 Å². The lowest BCUT2D eigenvalue weighted by molar-refractivity contribution is 0.0875. The largest absolute Gasteiger partial charge is 0.395 e. The number of benzene rings is 1. The summed E-state index contributed by atoms with van der Waals surface area (Å²) < 4.78 is 1.93. The van der Waals surface area contributed by atoms with Gasteiger partial charge in [0.15, 0.2) is 0 Å². The highest BCUT2D eigenvalue weighted by Crippen LogP contribution is 2.20. The van der Waals surface area contributed by atoms with E-state index in [4.69, 9.17) is 10.2 Å². The molecular weight excluding hydrogens is 258 g/mol. The Hall–Kier alpha value is -1.47. The van der Waals surface area contributed by atoms with Gasteiger partial charge in [0.2, 0.25) is 0 Å². The lowest BCUT2D eigenvalue weighted by atomic mass is 10.1. The number of aryl methyl sites for hydroxylation is 1. The van der Waals surface area contributed by atoms with Gasteiger partial charge in [-0.25, -0.2) is 4.98 Å². The fourth-order valence-corrected chi connectivity index (χ4v) is 2.29. The summed E-state index contributed by atoms with van der Waals surface area (Å²) in [5, 5.41) is 28.2. The molecule has 0 saturated heterocycles. The highest BCUT2D eigenvalue weighted by atomic mass is 16.3. The maximum Gasteiger partial charge on any atom is 0.0955 e. The molecule has 0 fully saturated rings. The minimum absolute atomic E-state index is 0.00595. The van der Waals surface area contributed by atoms with Crippen LogP contribution < -0.4 is 0 Å². The molecule has 0 spiro atoms. The van der Waals surface area contributed by atoms with E-state index in [2.05, 4.69) is 4.98 Å². The SMILES string of the molecule is Cn1cnc2cc(C(O)CN(CCO)CCO)ccc21. The van der Waals surface area contributed by atoms with Crippen molar-refractivity contribution < 1.29 is 15.3 Å². The third-order valence-corrected chi connectivity index (χ3v) is 3.40. The van der Waals surface area contributed by atoms with E-state index >= 15 is 0 Å². The summed E-state index contributed by atoms with van der Waals surface area (Å²) in [7, 11) is 1.93. The minimum atomic E-state index is -0.667. The Bertz CT molecular complexity index is 550. The van der Waals surface area contributed by atoms with E-state index in [-0.39, 0.29) is 13.2 Å². The number of rotatable bonds is 7. The lowest BCUT2D eigenvalue weighted by Crippen LogP contribution is -2.33. The summed E-state index contributed by atoms with van der Waals surface area (Å²) >= 11 is 0. The average Bonchev–Trinajstić information content (AvgIpc) is 2.80. The molecule has 1 atom stereocenters. The van der Waals surface area contributed by atoms with Gasteiger partial charge in [-0.2, -0.15) is 0 Å². The predicted molar refractivity (Wildman–Crippen MR) is 76.3 cm³/mol. The molecule has 110 valence electrons. The van der Waals surface area contributed by atoms with E-state index in [1.165, 1.54) is 0 Å². The molecule has 6 nitrogen and oxygen atoms in total. The third kappa shape index (κ3) is 3.34. The molecule has 0 bridgehead atoms. The van der Waals surface area contributed by atoms with Crippen molar-refractivity contribution in [1.82, 2.24) is 14.5 Å². The van der Waals surface area contributed by atoms with Crippen LogP contribution in [0.2, 0.25) is 0 Å². The van der Waals surface area contributed by atoms with Gasteiger partial charge in [0.25, 0.3) is 0 Å². The van der Waals surface area contributed by atoms with Crippen LogP contribution in [0, 0.1) is 0 Å². The smallest absolute Gasteiger partial charge is 0.0955 e. The number of imidazole rings is 1. The summed E-state index contributed by atoms with van der Waals surface area (Å²) in [4.78, 5) is 6.10. The van der Waals surface area contributed by atoms with Crippen LogP contribution in [0.25, 0.3) is 11.0 Å². The molecule has 0 amide bonds. The number of fused-ring (bicyclic) bond motifs is 1. The Balaban J connectivity index is 2.11. The number of hydrogen-bond acceptors (Lipinski definition) is 5. The first kappa shape index (κ1) is 14.9. The normalized spacial score (nSPS) is 13.2. The van der Waals surface area contributed by atoms with E-state index in [0.717, 1.165) is 16.6 Å². The van der Waals surface area contributed by atoms with Crippen LogP contribution in [0.3, 0.4) is 0 Å². The van der Waals surface area contributed by atoms with Crippen LogP contribution in [0.5, 0.6) is 0 Å². The van der Waals surface area contributed by atoms with Crippen molar-refractivity contribution in [3.05, 3.63) is 30.1 Å². The van der Waals surface area contributed by atoms with Crippen molar-refractivity contribution in [2.45, 2.75) is 6.10 Å². The molecule has 1 aromatic carbocycles. The summed E-state index contributed by atoms with van der Waals surface area (Å²) in [6, 6.07) is 5.68. The fraction of sp³-hybridized carbons (Fsp3) is 0.500. The summed E-state index contributed by atoms with van der Waals surface area (Å²) in [5.41, 5.74) is 2.65. The average molecular weight is 279 g/mol. The zero-order valence-electron chi connectivity index (χ0n) is 11.6. The molecule has 0 aliphatic carbocycles. The van der Waals surface area contributed by atoms with Gasteiger partial charge >= 0.3 is 0 Å². The van der Waals surface area contributed by atoms with E-state index in [9.17, 15) is 5.11 Å². The molecule has 0 aliphatic rings. The van der Waals surface area contributed by atoms with Crippen LogP contribution >= 0.6 is 0 Å². The van der Waals surface area contributed by atoms with Gasteiger partial charge in [0.05, 0.1) is 36.7 Å². The summed E-state index contributed by atoms with van der Waals surface area (Å²) in [6.45, 7) is 1.25. The van der Waals surface area contributed by atoms with Crippen molar-refractivity contribution in [2.24, 2.45) is 7.05 Å². The number of hydrogen-bond donors (Lipinski definition) is 3. The Morgan fingerprint density at radius 1 is 1.25 bits per heavy atom. The van der Waals surface area contributed by atoms with Crippen LogP contribution in [0.4, 0.5) is 0 Å². The number of aromatic nitrogens is 2. The third-order valence-electron chi connectivity index (χ3n) is 3.40. The highest BCUT2D eigenvalue weighted by Gasteiger charge is 2.14. The predicted octanol–water partition coefficient (Wildman–Crippen LogP) is -0.107. The quantitative estimate of drug-likeness (QED) is 0.659. The molecule has 2 rings (SSSR count). The lowest BCUT2D eigenvalue weighted by Gasteiger charge is -2.23. The van der Waals surface area contributed by atoms with Gasteiger partial charge < -0.3 is 19.9 Å². The fourth-order valence-electron chi connectivity index (χ4n) is 2.29. The molecule has 0 saturated carbocycles. The molecule has 3 N–H and O–H groups in total. The van der Waals surface area contributed by atoms with Gasteiger partial charge in [-0.3, -0.25) is 4.90 Å². The van der Waals surface area contributed by atoms with Crippen LogP contribution in [0.1, 0.15) is 11.7 Å². The monoisotopic (exact) mass is 279 g/mol. The Labute approximate surface area is 117 Å². The second kappa shape index (κ2) is 6.81. The molecule has 20 heavy (non-hydrogen) atoms. The molecular formula is C14H21N3O3. The molecule has 0 radical (unpaired) electrons. The van der Waals surface area contributed by atoms with E-state index in [1.807, 2.05) is 34.7 Å². The Morgan fingerprint density at radius 2 is 1.95 bits per heavy atom. The number of aliphatic hydroxyl groups is 3. The van der Waals surface area contributed by atoms with Crippen molar-refractivity contribution in [1.29, 1.82) is 0 Å². The first-order chi connectivity index (χ1) is 9.65. The Morgan fingerprint density at radius 3 is 2.60 bits per heavy atom. The standard InChI is InChI=1S/C14H21N3O3/c1-16-10-15-12-8-11(2-3-13(12)16)14(20)9-17(4-6-18)5-7-19/h2-3,8,10,14,18-20H,4-7,9H2,1H3. The van der Waals surface area contributed by atoms with Crippen LogP contribution in [-0.2, 0) is 7.05 Å². The van der Waals surface area contributed by atoms with E-state index in [0.29, 0.717) is 19.6 Å². The second-order valence-electron chi connectivity index (χ2n) is 4.87. The molecule has 2 aromatic rings. The first-order valence-corrected chi connectivity index (χ1v) is 6.69. The summed E-state index contributed by atoms with van der Waals surface area (Å²) in [5.74, 6) is 0. The minimum Gasteiger partial charge on any atom is -0.395 e. The van der Waals surface area contributed by atoms with Gasteiger partial charge in [-0.1, -0.05) is 6.07 Å². The highest BCUT2D eigenvalue weighted by molar-refractivity contribution is 5.76. The maximum absolute atomic E-state index is 10.3. The van der Waals surface area contributed by atoms with Gasteiger partial charge in [-0.05, 0) is 17.7 Å². The molecule has 6 heteroatoms. The van der Waals surface area contributed by atoms with Crippen LogP contribution in [-0.4, -0.2) is 62.6 Å². The molecule has 1 unspecified atom stereocenters. The second-order valence-corrected chi connectivity index (χ2v) is 4.87. The molecule has 1 aromatic heterocycles. The zero-order valence-corrected chi connectivity index (χ0v) is 11.6. The molecule has 1 heterocycles. The van der Waals surface area contributed by atoms with Crippen molar-refractivity contribution >= 4 is 11.0 Å². The topological polar surface area (TPSA) is 81.8 Å². The van der Waals surface area contributed by atoms with Crippen molar-refractivity contribution in [3.63, 3.8) is 0 Å². The van der Waals surface area contributed by atoms with Gasteiger partial charge in [0.1, 0.15) is 0 Å². The van der Waals surface area contributed by atoms with E-state index in [1.54, 1.807) is 6.33 Å².